The van der Waals surface area contributed by atoms with Crippen LogP contribution in [0.25, 0.3) is 0 Å². The molecule has 9 nitrogen and oxygen atoms in total. The van der Waals surface area contributed by atoms with Gasteiger partial charge >= 0.3 is 12.2 Å². The highest BCUT2D eigenvalue weighted by Crippen LogP contribution is 2.06. The number of carbonyl (C=O) groups excluding carboxylic acids is 3. The first-order chi connectivity index (χ1) is 16.6. The molecule has 0 aliphatic carbocycles. The summed E-state index contributed by atoms with van der Waals surface area (Å²) in [5.41, 5.74) is 7.11. The smallest absolute Gasteiger partial charge is 0.410 e. The normalized spacial score (nSPS) is 9.97. The van der Waals surface area contributed by atoms with Gasteiger partial charge in [0.15, 0.2) is 0 Å². The van der Waals surface area contributed by atoms with Crippen molar-refractivity contribution in [3.05, 3.63) is 71.8 Å². The molecule has 0 bridgehead atoms. The molecule has 0 aliphatic rings. The van der Waals surface area contributed by atoms with Crippen molar-refractivity contribution in [3.63, 3.8) is 0 Å². The predicted molar refractivity (Wildman–Crippen MR) is 136 cm³/mol. The summed E-state index contributed by atoms with van der Waals surface area (Å²) >= 11 is 0. The molecule has 2 aromatic carbocycles. The predicted octanol–water partition coefficient (Wildman–Crippen LogP) is 3.22. The number of rotatable bonds is 14. The third-order valence-electron chi connectivity index (χ3n) is 4.91. The minimum atomic E-state index is -0.473. The molecule has 0 radical (unpaired) electrons. The molecule has 0 aliphatic heterocycles. The van der Waals surface area contributed by atoms with Crippen LogP contribution in [0.5, 0.6) is 0 Å². The second-order valence-electron chi connectivity index (χ2n) is 7.63. The Morgan fingerprint density at radius 3 is 1.89 bits per heavy atom. The number of nitrogens with one attached hydrogen (secondary N) is 2. The fourth-order valence-corrected chi connectivity index (χ4v) is 3.07. The van der Waals surface area contributed by atoms with Crippen LogP contribution in [0.3, 0.4) is 0 Å². The Labute approximate surface area is 212 Å². The Morgan fingerprint density at radius 2 is 1.29 bits per heavy atom. The van der Waals surface area contributed by atoms with E-state index in [0.29, 0.717) is 45.4 Å². The summed E-state index contributed by atoms with van der Waals surface area (Å²) in [7, 11) is 0. The molecule has 0 aromatic heterocycles. The number of halogens is 1. The van der Waals surface area contributed by atoms with Crippen LogP contribution < -0.4 is 16.4 Å². The summed E-state index contributed by atoms with van der Waals surface area (Å²) in [4.78, 5) is 37.3. The lowest BCUT2D eigenvalue weighted by Gasteiger charge is -2.22. The molecule has 0 heterocycles. The molecular weight excluding hydrogens is 472 g/mol. The zero-order chi connectivity index (χ0) is 24.4. The van der Waals surface area contributed by atoms with Gasteiger partial charge in [-0.25, -0.2) is 9.59 Å². The van der Waals surface area contributed by atoms with Gasteiger partial charge in [0.25, 0.3) is 0 Å². The number of amides is 3. The first-order valence-corrected chi connectivity index (χ1v) is 11.5. The van der Waals surface area contributed by atoms with E-state index < -0.39 is 12.2 Å². The average molecular weight is 507 g/mol. The highest BCUT2D eigenvalue weighted by molar-refractivity contribution is 5.85. The SMILES string of the molecule is Cl.NCC(=O)NCCCN(CCCCNC(=O)OCc1ccccc1)C(=O)OCc1ccccc1. The summed E-state index contributed by atoms with van der Waals surface area (Å²) in [5, 5.41) is 5.41. The van der Waals surface area contributed by atoms with E-state index in [2.05, 4.69) is 10.6 Å². The van der Waals surface area contributed by atoms with E-state index >= 15 is 0 Å². The number of hydrogen-bond acceptors (Lipinski definition) is 6. The van der Waals surface area contributed by atoms with Crippen molar-refractivity contribution in [2.75, 3.05) is 32.7 Å². The number of nitrogens with two attached hydrogens (primary N) is 1. The molecule has 2 rings (SSSR count). The third-order valence-corrected chi connectivity index (χ3v) is 4.91. The largest absolute Gasteiger partial charge is 0.445 e. The van der Waals surface area contributed by atoms with Crippen molar-refractivity contribution in [1.82, 2.24) is 15.5 Å². The van der Waals surface area contributed by atoms with Crippen molar-refractivity contribution >= 4 is 30.5 Å². The lowest BCUT2D eigenvalue weighted by atomic mass is 10.2. The van der Waals surface area contributed by atoms with Gasteiger partial charge in [0, 0.05) is 26.2 Å². The summed E-state index contributed by atoms with van der Waals surface area (Å²) in [5.74, 6) is -0.233. The lowest BCUT2D eigenvalue weighted by Crippen LogP contribution is -2.37. The van der Waals surface area contributed by atoms with Gasteiger partial charge in [-0.3, -0.25) is 4.79 Å². The van der Waals surface area contributed by atoms with Crippen LogP contribution in [0.1, 0.15) is 30.4 Å². The standard InChI is InChI=1S/C25H34N4O5.ClH/c26-18-23(30)27-15-9-17-29(25(32)34-20-22-12-5-2-6-13-22)16-8-7-14-28-24(31)33-19-21-10-3-1-4-11-21;/h1-6,10-13H,7-9,14-20,26H2,(H,27,30)(H,28,31);1H. The maximum atomic E-state index is 12.6. The summed E-state index contributed by atoms with van der Waals surface area (Å²) in [6, 6.07) is 18.9. The number of carbonyl (C=O) groups is 3. The van der Waals surface area contributed by atoms with Gasteiger partial charge in [-0.05, 0) is 30.4 Å². The van der Waals surface area contributed by atoms with Crippen molar-refractivity contribution in [1.29, 1.82) is 0 Å². The van der Waals surface area contributed by atoms with E-state index in [1.807, 2.05) is 60.7 Å². The van der Waals surface area contributed by atoms with Gasteiger partial charge in [0.2, 0.25) is 5.91 Å². The fourth-order valence-electron chi connectivity index (χ4n) is 3.07. The molecule has 0 unspecified atom stereocenters. The Morgan fingerprint density at radius 1 is 0.743 bits per heavy atom. The number of benzene rings is 2. The monoisotopic (exact) mass is 506 g/mol. The first-order valence-electron chi connectivity index (χ1n) is 11.5. The third kappa shape index (κ3) is 13.2. The first kappa shape index (κ1) is 29.7. The van der Waals surface area contributed by atoms with Gasteiger partial charge in [0.05, 0.1) is 6.54 Å². The van der Waals surface area contributed by atoms with Crippen LogP contribution in [0.4, 0.5) is 9.59 Å². The molecule has 35 heavy (non-hydrogen) atoms. The number of alkyl carbamates (subject to hydrolysis) is 1. The Bertz CT molecular complexity index is 871. The Balaban J connectivity index is 0.00000612. The Kier molecular flexibility index (Phi) is 15.4. The molecule has 192 valence electrons. The minimum Gasteiger partial charge on any atom is -0.445 e. The fraction of sp³-hybridized carbons (Fsp3) is 0.400. The minimum absolute atomic E-state index is 0. The van der Waals surface area contributed by atoms with Crippen molar-refractivity contribution < 1.29 is 23.9 Å². The highest BCUT2D eigenvalue weighted by atomic mass is 35.5. The summed E-state index contributed by atoms with van der Waals surface area (Å²) in [6.45, 7) is 2.11. The molecule has 0 fully saturated rings. The van der Waals surface area contributed by atoms with E-state index in [1.165, 1.54) is 0 Å². The molecule has 0 spiro atoms. The highest BCUT2D eigenvalue weighted by Gasteiger charge is 2.15. The zero-order valence-corrected chi connectivity index (χ0v) is 20.6. The van der Waals surface area contributed by atoms with Crippen LogP contribution >= 0.6 is 12.4 Å². The number of unbranched alkanes of at least 4 members (excludes halogenated alkanes) is 1. The maximum Gasteiger partial charge on any atom is 0.410 e. The summed E-state index contributed by atoms with van der Waals surface area (Å²) < 4.78 is 10.6. The molecular formula is C25H35ClN4O5. The van der Waals surface area contributed by atoms with E-state index in [9.17, 15) is 14.4 Å². The molecule has 0 atom stereocenters. The van der Waals surface area contributed by atoms with Crippen LogP contribution in [-0.2, 0) is 27.5 Å². The van der Waals surface area contributed by atoms with E-state index in [-0.39, 0.29) is 38.1 Å². The second-order valence-corrected chi connectivity index (χ2v) is 7.63. The number of nitrogens with zero attached hydrogens (tertiary/aromatic N) is 1. The molecule has 2 aromatic rings. The quantitative estimate of drug-likeness (QED) is 0.338. The molecule has 10 heteroatoms. The number of ether oxygens (including phenoxy) is 2. The molecule has 0 saturated carbocycles. The summed E-state index contributed by atoms with van der Waals surface area (Å²) in [6.07, 6.45) is 1.04. The molecule has 4 N–H and O–H groups in total. The maximum absolute atomic E-state index is 12.6. The number of hydrogen-bond donors (Lipinski definition) is 3. The lowest BCUT2D eigenvalue weighted by molar-refractivity contribution is -0.119. The zero-order valence-electron chi connectivity index (χ0n) is 19.8. The van der Waals surface area contributed by atoms with E-state index in [4.69, 9.17) is 15.2 Å². The van der Waals surface area contributed by atoms with Gasteiger partial charge in [0.1, 0.15) is 13.2 Å². The van der Waals surface area contributed by atoms with E-state index in [1.54, 1.807) is 4.90 Å². The average Bonchev–Trinajstić information content (AvgIpc) is 2.88. The van der Waals surface area contributed by atoms with Crippen LogP contribution in [0, 0.1) is 0 Å². The Hall–Kier alpha value is -3.30. The van der Waals surface area contributed by atoms with Gasteiger partial charge in [-0.15, -0.1) is 12.4 Å². The van der Waals surface area contributed by atoms with Gasteiger partial charge < -0.3 is 30.7 Å². The van der Waals surface area contributed by atoms with Gasteiger partial charge in [-0.2, -0.15) is 0 Å². The van der Waals surface area contributed by atoms with Crippen molar-refractivity contribution in [3.8, 4) is 0 Å². The van der Waals surface area contributed by atoms with Crippen LogP contribution in [0.15, 0.2) is 60.7 Å². The van der Waals surface area contributed by atoms with Crippen LogP contribution in [-0.4, -0.2) is 55.7 Å². The van der Waals surface area contributed by atoms with Crippen molar-refractivity contribution in [2.24, 2.45) is 5.73 Å². The van der Waals surface area contributed by atoms with E-state index in [0.717, 1.165) is 11.1 Å². The van der Waals surface area contributed by atoms with Gasteiger partial charge in [-0.1, -0.05) is 60.7 Å². The van der Waals surface area contributed by atoms with Crippen molar-refractivity contribution in [2.45, 2.75) is 32.5 Å². The topological polar surface area (TPSA) is 123 Å². The molecule has 3 amide bonds. The molecule has 0 saturated heterocycles. The second kappa shape index (κ2) is 18.1. The van der Waals surface area contributed by atoms with Crippen LogP contribution in [0.2, 0.25) is 0 Å².